The maximum absolute atomic E-state index is 13.7. The van der Waals surface area contributed by atoms with Crippen LogP contribution >= 0.6 is 11.6 Å². The van der Waals surface area contributed by atoms with Crippen LogP contribution in [0.2, 0.25) is 5.02 Å². The molecule has 0 spiro atoms. The zero-order valence-corrected chi connectivity index (χ0v) is 21.9. The van der Waals surface area contributed by atoms with Crippen molar-refractivity contribution in [3.05, 3.63) is 85.2 Å². The molecule has 0 aliphatic carbocycles. The minimum Gasteiger partial charge on any atom is -0.491 e. The highest BCUT2D eigenvalue weighted by Gasteiger charge is 2.48. The second-order valence-corrected chi connectivity index (χ2v) is 9.76. The summed E-state index contributed by atoms with van der Waals surface area (Å²) in [7, 11) is 1.26. The fourth-order valence-corrected chi connectivity index (χ4v) is 4.18. The molecular formula is C26H29ClN4O6. The van der Waals surface area contributed by atoms with Gasteiger partial charge in [0.05, 0.1) is 45.2 Å². The van der Waals surface area contributed by atoms with Crippen molar-refractivity contribution in [1.29, 1.82) is 0 Å². The first kappa shape index (κ1) is 26.4. The Morgan fingerprint density at radius 2 is 1.86 bits per heavy atom. The fraction of sp³-hybridized carbons (Fsp3) is 0.385. The van der Waals surface area contributed by atoms with Gasteiger partial charge >= 0.3 is 17.3 Å². The van der Waals surface area contributed by atoms with Crippen molar-refractivity contribution >= 4 is 23.3 Å². The van der Waals surface area contributed by atoms with Gasteiger partial charge in [0, 0.05) is 5.02 Å². The van der Waals surface area contributed by atoms with Crippen molar-refractivity contribution in [2.24, 2.45) is 10.4 Å². The van der Waals surface area contributed by atoms with Gasteiger partial charge in [0.15, 0.2) is 0 Å². The van der Waals surface area contributed by atoms with Crippen LogP contribution in [0.5, 0.6) is 5.75 Å². The van der Waals surface area contributed by atoms with Gasteiger partial charge in [-0.25, -0.2) is 19.1 Å². The molecule has 1 aromatic heterocycles. The Kier molecular flexibility index (Phi) is 7.70. The lowest BCUT2D eigenvalue weighted by Crippen LogP contribution is -2.58. The number of esters is 1. The SMILES string of the molecule is COC(=O)C1(Cn2c(=O)[nH]/c(=N\c3ccc(OC(C)C)c(C)c3)n(Cc3ccc(Cl)cc3)c2=O)COC1. The molecule has 4 rings (SSSR count). The Morgan fingerprint density at radius 3 is 2.43 bits per heavy atom. The Bertz CT molecular complexity index is 1480. The van der Waals surface area contributed by atoms with Crippen LogP contribution in [0.4, 0.5) is 5.69 Å². The lowest BCUT2D eigenvalue weighted by Gasteiger charge is -2.38. The number of hydrogen-bond acceptors (Lipinski definition) is 7. The summed E-state index contributed by atoms with van der Waals surface area (Å²) in [6.45, 7) is 5.81. The molecule has 10 nitrogen and oxygen atoms in total. The summed E-state index contributed by atoms with van der Waals surface area (Å²) in [6, 6.07) is 12.4. The summed E-state index contributed by atoms with van der Waals surface area (Å²) >= 11 is 6.02. The van der Waals surface area contributed by atoms with E-state index in [0.717, 1.165) is 21.4 Å². The van der Waals surface area contributed by atoms with Crippen molar-refractivity contribution in [2.45, 2.75) is 40.0 Å². The molecule has 3 aromatic rings. The van der Waals surface area contributed by atoms with E-state index in [2.05, 4.69) is 9.98 Å². The van der Waals surface area contributed by atoms with E-state index in [1.165, 1.54) is 11.7 Å². The predicted molar refractivity (Wildman–Crippen MR) is 137 cm³/mol. The van der Waals surface area contributed by atoms with Crippen LogP contribution in [0.1, 0.15) is 25.0 Å². The number of H-pyrrole nitrogens is 1. The molecule has 0 radical (unpaired) electrons. The largest absolute Gasteiger partial charge is 0.491 e. The number of nitrogens with one attached hydrogen (secondary N) is 1. The van der Waals surface area contributed by atoms with Gasteiger partial charge in [-0.1, -0.05) is 23.7 Å². The number of halogens is 1. The van der Waals surface area contributed by atoms with E-state index in [4.69, 9.17) is 25.8 Å². The topological polar surface area (TPSA) is 117 Å². The molecule has 11 heteroatoms. The number of carbonyl (C=O) groups excluding carboxylic acids is 1. The van der Waals surface area contributed by atoms with Crippen molar-refractivity contribution in [2.75, 3.05) is 20.3 Å². The minimum absolute atomic E-state index is 0.0151. The maximum atomic E-state index is 13.7. The van der Waals surface area contributed by atoms with Gasteiger partial charge in [0.1, 0.15) is 11.2 Å². The Hall–Kier alpha value is -3.63. The molecule has 1 N–H and O–H groups in total. The quantitative estimate of drug-likeness (QED) is 0.449. The van der Waals surface area contributed by atoms with Crippen LogP contribution in [0.25, 0.3) is 0 Å². The molecule has 196 valence electrons. The second-order valence-electron chi connectivity index (χ2n) is 9.33. The van der Waals surface area contributed by atoms with E-state index in [-0.39, 0.29) is 38.0 Å². The second kappa shape index (κ2) is 10.8. The molecule has 0 atom stereocenters. The molecule has 1 fully saturated rings. The molecular weight excluding hydrogens is 500 g/mol. The third-order valence-corrected chi connectivity index (χ3v) is 6.28. The summed E-state index contributed by atoms with van der Waals surface area (Å²) in [6.07, 6.45) is 0.0151. The van der Waals surface area contributed by atoms with Gasteiger partial charge in [-0.15, -0.1) is 0 Å². The highest BCUT2D eigenvalue weighted by atomic mass is 35.5. The third kappa shape index (κ3) is 5.70. The average molecular weight is 529 g/mol. The molecule has 0 bridgehead atoms. The molecule has 37 heavy (non-hydrogen) atoms. The van der Waals surface area contributed by atoms with Crippen molar-refractivity contribution in [1.82, 2.24) is 14.1 Å². The van der Waals surface area contributed by atoms with Crippen LogP contribution < -0.4 is 21.7 Å². The molecule has 0 saturated carbocycles. The number of nitrogens with zero attached hydrogens (tertiary/aromatic N) is 3. The van der Waals surface area contributed by atoms with Gasteiger partial charge < -0.3 is 14.2 Å². The number of aryl methyl sites for hydroxylation is 1. The number of carbonyl (C=O) groups is 1. The number of aromatic nitrogens is 3. The summed E-state index contributed by atoms with van der Waals surface area (Å²) in [5, 5.41) is 0.557. The first-order chi connectivity index (χ1) is 17.6. The van der Waals surface area contributed by atoms with E-state index >= 15 is 0 Å². The van der Waals surface area contributed by atoms with E-state index in [0.29, 0.717) is 10.7 Å². The van der Waals surface area contributed by atoms with Gasteiger partial charge in [-0.05, 0) is 62.2 Å². The van der Waals surface area contributed by atoms with Crippen LogP contribution in [0.3, 0.4) is 0 Å². The molecule has 1 saturated heterocycles. The first-order valence-corrected chi connectivity index (χ1v) is 12.2. The Labute approximate surface area is 218 Å². The Balaban J connectivity index is 1.84. The summed E-state index contributed by atoms with van der Waals surface area (Å²) in [5.41, 5.74) is -0.189. The van der Waals surface area contributed by atoms with Crippen molar-refractivity contribution in [3.63, 3.8) is 0 Å². The highest BCUT2D eigenvalue weighted by Crippen LogP contribution is 2.30. The number of methoxy groups -OCH3 is 1. The van der Waals surface area contributed by atoms with Crippen LogP contribution in [0.15, 0.2) is 57.0 Å². The van der Waals surface area contributed by atoms with Crippen LogP contribution in [-0.4, -0.2) is 46.5 Å². The van der Waals surface area contributed by atoms with Gasteiger partial charge in [0.2, 0.25) is 5.62 Å². The minimum atomic E-state index is -1.11. The number of aromatic amines is 1. The van der Waals surface area contributed by atoms with E-state index in [1.807, 2.05) is 26.8 Å². The first-order valence-electron chi connectivity index (χ1n) is 11.8. The number of rotatable bonds is 8. The number of hydrogen-bond donors (Lipinski definition) is 1. The molecule has 2 heterocycles. The van der Waals surface area contributed by atoms with Crippen LogP contribution in [0, 0.1) is 12.3 Å². The lowest BCUT2D eigenvalue weighted by atomic mass is 9.86. The highest BCUT2D eigenvalue weighted by molar-refractivity contribution is 6.30. The lowest BCUT2D eigenvalue weighted by molar-refractivity contribution is -0.186. The zero-order valence-electron chi connectivity index (χ0n) is 21.1. The van der Waals surface area contributed by atoms with Crippen LogP contribution in [-0.2, 0) is 27.4 Å². The fourth-order valence-electron chi connectivity index (χ4n) is 4.05. The normalized spacial score (nSPS) is 14.9. The summed E-state index contributed by atoms with van der Waals surface area (Å²) in [4.78, 5) is 46.4. The molecule has 1 aliphatic rings. The van der Waals surface area contributed by atoms with E-state index < -0.39 is 22.8 Å². The average Bonchev–Trinajstić information content (AvgIpc) is 2.83. The smallest absolute Gasteiger partial charge is 0.335 e. The molecule has 0 amide bonds. The van der Waals surface area contributed by atoms with Gasteiger partial charge in [-0.3, -0.25) is 14.3 Å². The van der Waals surface area contributed by atoms with Crippen molar-refractivity contribution in [3.8, 4) is 5.75 Å². The molecule has 2 aromatic carbocycles. The third-order valence-electron chi connectivity index (χ3n) is 6.03. The Morgan fingerprint density at radius 1 is 1.16 bits per heavy atom. The van der Waals surface area contributed by atoms with Crippen molar-refractivity contribution < 1.29 is 19.0 Å². The van der Waals surface area contributed by atoms with E-state index in [1.54, 1.807) is 36.4 Å². The standard InChI is InChI=1S/C26H29ClN4O6/c1-16(2)37-21-10-9-20(11-17(21)3)28-23-29-24(33)31(13-26(14-36-15-26)22(32)35-4)25(34)30(23)12-18-5-7-19(27)8-6-18/h5-11,16H,12-15H2,1-4H3,(H,28,29,33). The summed E-state index contributed by atoms with van der Waals surface area (Å²) < 4.78 is 18.2. The monoisotopic (exact) mass is 528 g/mol. The predicted octanol–water partition coefficient (Wildman–Crippen LogP) is 2.56. The van der Waals surface area contributed by atoms with Gasteiger partial charge in [-0.2, -0.15) is 0 Å². The molecule has 1 aliphatic heterocycles. The molecule has 0 unspecified atom stereocenters. The zero-order chi connectivity index (χ0) is 26.7. The van der Waals surface area contributed by atoms with Gasteiger partial charge in [0.25, 0.3) is 0 Å². The van der Waals surface area contributed by atoms with E-state index in [9.17, 15) is 14.4 Å². The summed E-state index contributed by atoms with van der Waals surface area (Å²) in [5.74, 6) is 0.185. The number of ether oxygens (including phenoxy) is 3. The number of benzene rings is 2. The maximum Gasteiger partial charge on any atom is 0.335 e.